The van der Waals surface area contributed by atoms with Gasteiger partial charge >= 0.3 is 0 Å². The van der Waals surface area contributed by atoms with Gasteiger partial charge in [-0.3, -0.25) is 0 Å². The van der Waals surface area contributed by atoms with Crippen molar-refractivity contribution in [2.45, 2.75) is 31.1 Å². The molecule has 2 aliphatic carbocycles. The van der Waals surface area contributed by atoms with Gasteiger partial charge in [0.25, 0.3) is 0 Å². The molecule has 0 aromatic heterocycles. The molecule has 0 radical (unpaired) electrons. The maximum absolute atomic E-state index is 2.53. The van der Waals surface area contributed by atoms with Gasteiger partial charge in [0.15, 0.2) is 0 Å². The second-order valence-electron chi connectivity index (χ2n) is 15.8. The predicted molar refractivity (Wildman–Crippen MR) is 247 cm³/mol. The highest BCUT2D eigenvalue weighted by Crippen LogP contribution is 2.49. The van der Waals surface area contributed by atoms with Crippen LogP contribution in [0.3, 0.4) is 0 Å². The first kappa shape index (κ1) is 34.3. The maximum Gasteiger partial charge on any atom is 0.0546 e. The third kappa shape index (κ3) is 5.85. The molecule has 2 unspecified atom stereocenters. The summed E-state index contributed by atoms with van der Waals surface area (Å²) in [5, 5.41) is 7.46. The molecule has 0 heterocycles. The average Bonchev–Trinajstić information content (AvgIpc) is 3.47. The highest BCUT2D eigenvalue weighted by atomic mass is 15.1. The molecule has 0 bridgehead atoms. The van der Waals surface area contributed by atoms with Gasteiger partial charge < -0.3 is 4.90 Å². The number of anilines is 3. The number of fused-ring (bicyclic) bond motifs is 7. The molecule has 0 saturated heterocycles. The molecule has 11 rings (SSSR count). The van der Waals surface area contributed by atoms with Crippen molar-refractivity contribution in [3.63, 3.8) is 0 Å². The third-order valence-corrected chi connectivity index (χ3v) is 12.6. The largest absolute Gasteiger partial charge is 0.309 e. The van der Waals surface area contributed by atoms with E-state index in [9.17, 15) is 0 Å². The lowest BCUT2D eigenvalue weighted by Crippen LogP contribution is -2.13. The van der Waals surface area contributed by atoms with Crippen LogP contribution in [0, 0.1) is 0 Å². The summed E-state index contributed by atoms with van der Waals surface area (Å²) in [6.07, 6.45) is 12.2. The monoisotopic (exact) mass is 741 g/mol. The lowest BCUT2D eigenvalue weighted by atomic mass is 9.79. The predicted octanol–water partition coefficient (Wildman–Crippen LogP) is 15.6. The molecule has 0 saturated carbocycles. The Morgan fingerprint density at radius 2 is 1.03 bits per heavy atom. The zero-order chi connectivity index (χ0) is 38.4. The van der Waals surface area contributed by atoms with Crippen LogP contribution in [-0.2, 0) is 6.42 Å². The van der Waals surface area contributed by atoms with Gasteiger partial charge in [-0.2, -0.15) is 0 Å². The summed E-state index contributed by atoms with van der Waals surface area (Å²) in [7, 11) is 0. The maximum atomic E-state index is 2.53. The van der Waals surface area contributed by atoms with E-state index in [0.29, 0.717) is 0 Å². The second-order valence-corrected chi connectivity index (χ2v) is 15.8. The Labute approximate surface area is 340 Å². The summed E-state index contributed by atoms with van der Waals surface area (Å²) in [4.78, 5) is 2.53. The molecule has 0 fully saturated rings. The normalized spacial score (nSPS) is 15.9. The number of rotatable bonds is 6. The first-order chi connectivity index (χ1) is 28.8. The van der Waals surface area contributed by atoms with Crippen LogP contribution < -0.4 is 4.90 Å². The van der Waals surface area contributed by atoms with Crippen molar-refractivity contribution in [3.8, 4) is 22.3 Å². The smallest absolute Gasteiger partial charge is 0.0546 e. The zero-order valence-corrected chi connectivity index (χ0v) is 32.4. The molecule has 2 aliphatic rings. The van der Waals surface area contributed by atoms with Crippen molar-refractivity contribution < 1.29 is 0 Å². The van der Waals surface area contributed by atoms with Crippen molar-refractivity contribution in [2.75, 3.05) is 4.90 Å². The number of aryl methyl sites for hydroxylation is 1. The van der Waals surface area contributed by atoms with Crippen molar-refractivity contribution in [3.05, 3.63) is 235 Å². The van der Waals surface area contributed by atoms with Gasteiger partial charge in [-0.15, -0.1) is 0 Å². The molecule has 0 aliphatic heterocycles. The number of hydrogen-bond acceptors (Lipinski definition) is 1. The standard InChI is InChI=1S/C57H43N/c1-2-17-40(18-3-1)55-38-43(34-36-53(55)51-30-13-12-29-50(51)52-35-33-41-20-4-7-23-44(41)47-26-10-11-28-49(47)52)58(56-32-16-22-39-19-5-9-25-46(39)56)57-37-42-21-6-8-24-45(42)48-27-14-15-31-54(48)57/h1-17,19-32,34,36-38,40,52H,18,33,35H2. The topological polar surface area (TPSA) is 3.24 Å². The van der Waals surface area contributed by atoms with E-state index >= 15 is 0 Å². The molecule has 58 heavy (non-hydrogen) atoms. The average molecular weight is 742 g/mol. The molecule has 276 valence electrons. The van der Waals surface area contributed by atoms with E-state index in [-0.39, 0.29) is 11.8 Å². The minimum atomic E-state index is 0.237. The molecule has 2 atom stereocenters. The van der Waals surface area contributed by atoms with E-state index in [0.717, 1.165) is 24.9 Å². The van der Waals surface area contributed by atoms with Gasteiger partial charge in [0.2, 0.25) is 0 Å². The van der Waals surface area contributed by atoms with Crippen LogP contribution in [0.25, 0.3) is 54.6 Å². The number of benzene rings is 9. The molecular formula is C57H43N. The Hall–Kier alpha value is -6.96. The van der Waals surface area contributed by atoms with Crippen LogP contribution in [0.2, 0.25) is 0 Å². The fourth-order valence-corrected chi connectivity index (χ4v) is 9.96. The van der Waals surface area contributed by atoms with Crippen LogP contribution in [0.4, 0.5) is 17.1 Å². The molecule has 0 spiro atoms. The summed E-state index contributed by atoms with van der Waals surface area (Å²) in [6.45, 7) is 0. The van der Waals surface area contributed by atoms with Crippen LogP contribution in [-0.4, -0.2) is 0 Å². The molecule has 9 aromatic carbocycles. The molecule has 9 aromatic rings. The zero-order valence-electron chi connectivity index (χ0n) is 32.4. The van der Waals surface area contributed by atoms with Gasteiger partial charge in [-0.25, -0.2) is 0 Å². The van der Waals surface area contributed by atoms with E-state index in [1.165, 1.54) is 88.2 Å². The van der Waals surface area contributed by atoms with E-state index in [1.54, 1.807) is 0 Å². The summed E-state index contributed by atoms with van der Waals surface area (Å²) in [5.74, 6) is 0.506. The lowest BCUT2D eigenvalue weighted by Gasteiger charge is -2.31. The minimum absolute atomic E-state index is 0.237. The summed E-state index contributed by atoms with van der Waals surface area (Å²) in [6, 6.07) is 70.3. The quantitative estimate of drug-likeness (QED) is 0.153. The van der Waals surface area contributed by atoms with Gasteiger partial charge in [0.05, 0.1) is 11.4 Å². The molecular weight excluding hydrogens is 699 g/mol. The first-order valence-electron chi connectivity index (χ1n) is 20.7. The molecule has 1 nitrogen and oxygen atoms in total. The van der Waals surface area contributed by atoms with Crippen molar-refractivity contribution in [1.29, 1.82) is 0 Å². The second kappa shape index (κ2) is 14.5. The number of nitrogens with zero attached hydrogens (tertiary/aromatic N) is 1. The fourth-order valence-electron chi connectivity index (χ4n) is 9.96. The van der Waals surface area contributed by atoms with Gasteiger partial charge in [0, 0.05) is 28.3 Å². The number of hydrogen-bond donors (Lipinski definition) is 0. The van der Waals surface area contributed by atoms with E-state index in [1.807, 2.05) is 0 Å². The van der Waals surface area contributed by atoms with Crippen LogP contribution in [0.5, 0.6) is 0 Å². The fraction of sp³-hybridized carbons (Fsp3) is 0.0877. The Balaban J connectivity index is 1.14. The Bertz CT molecular complexity index is 3070. The number of allylic oxidation sites excluding steroid dienone is 4. The van der Waals surface area contributed by atoms with E-state index in [4.69, 9.17) is 0 Å². The minimum Gasteiger partial charge on any atom is -0.309 e. The van der Waals surface area contributed by atoms with Gasteiger partial charge in [0.1, 0.15) is 0 Å². The summed E-state index contributed by atoms with van der Waals surface area (Å²) < 4.78 is 0. The molecule has 0 amide bonds. The van der Waals surface area contributed by atoms with Crippen molar-refractivity contribution >= 4 is 49.4 Å². The van der Waals surface area contributed by atoms with Gasteiger partial charge in [-0.05, 0) is 110 Å². The summed E-state index contributed by atoms with van der Waals surface area (Å²) >= 11 is 0. The van der Waals surface area contributed by atoms with Gasteiger partial charge in [-0.1, -0.05) is 188 Å². The van der Waals surface area contributed by atoms with Crippen molar-refractivity contribution in [1.82, 2.24) is 0 Å². The highest BCUT2D eigenvalue weighted by Gasteiger charge is 2.28. The SMILES string of the molecule is C1=CCC(c2cc(N(c3cccc4ccccc34)c3cc4ccccc4c4ccccc34)ccc2-c2ccccc2C2CCc3ccccc3-c3ccccc32)C=C1. The highest BCUT2D eigenvalue weighted by molar-refractivity contribution is 6.15. The Kier molecular flexibility index (Phi) is 8.59. The van der Waals surface area contributed by atoms with E-state index in [2.05, 4.69) is 217 Å². The Morgan fingerprint density at radius 3 is 1.83 bits per heavy atom. The van der Waals surface area contributed by atoms with Crippen LogP contribution in [0.15, 0.2) is 212 Å². The lowest BCUT2D eigenvalue weighted by molar-refractivity contribution is 0.727. The first-order valence-corrected chi connectivity index (χ1v) is 20.7. The third-order valence-electron chi connectivity index (χ3n) is 12.6. The van der Waals surface area contributed by atoms with Crippen LogP contribution >= 0.6 is 0 Å². The van der Waals surface area contributed by atoms with Crippen molar-refractivity contribution in [2.24, 2.45) is 0 Å². The molecule has 0 N–H and O–H groups in total. The molecule has 1 heteroatoms. The van der Waals surface area contributed by atoms with E-state index < -0.39 is 0 Å². The summed E-state index contributed by atoms with van der Waals surface area (Å²) in [5.41, 5.74) is 14.5. The van der Waals surface area contributed by atoms with Crippen LogP contribution in [0.1, 0.15) is 46.9 Å². The Morgan fingerprint density at radius 1 is 0.414 bits per heavy atom.